The predicted molar refractivity (Wildman–Crippen MR) is 116 cm³/mol. The number of hydrogen-bond acceptors (Lipinski definition) is 2. The number of guanidine groups is 1. The van der Waals surface area contributed by atoms with Gasteiger partial charge in [0.1, 0.15) is 0 Å². The quantitative estimate of drug-likeness (QED) is 0.230. The summed E-state index contributed by atoms with van der Waals surface area (Å²) in [6.45, 7) is 8.03. The first-order valence-electron chi connectivity index (χ1n) is 8.57. The van der Waals surface area contributed by atoms with Crippen LogP contribution in [0.25, 0.3) is 0 Å². The number of halogens is 1. The van der Waals surface area contributed by atoms with Crippen LogP contribution in [0, 0.1) is 5.92 Å². The van der Waals surface area contributed by atoms with Gasteiger partial charge in [-0.15, -0.1) is 30.6 Å². The van der Waals surface area contributed by atoms with Crippen molar-refractivity contribution < 1.29 is 0 Å². The summed E-state index contributed by atoms with van der Waals surface area (Å²) in [4.78, 5) is 9.07. The van der Waals surface area contributed by atoms with Gasteiger partial charge in [-0.1, -0.05) is 24.3 Å². The summed E-state index contributed by atoms with van der Waals surface area (Å²) < 4.78 is 0. The van der Waals surface area contributed by atoms with E-state index in [1.165, 1.54) is 12.1 Å². The molecule has 5 heteroatoms. The Morgan fingerprint density at radius 2 is 2.17 bits per heavy atom. The molecule has 1 fully saturated rings. The highest BCUT2D eigenvalue weighted by Gasteiger charge is 2.22. The smallest absolute Gasteiger partial charge is 0.193 e. The minimum absolute atomic E-state index is 0. The van der Waals surface area contributed by atoms with Gasteiger partial charge < -0.3 is 15.1 Å². The van der Waals surface area contributed by atoms with Gasteiger partial charge in [0, 0.05) is 46.0 Å². The maximum atomic E-state index is 4.40. The summed E-state index contributed by atoms with van der Waals surface area (Å²) in [6, 6.07) is 10.7. The molecule has 1 aliphatic heterocycles. The Kier molecular flexibility index (Phi) is 9.83. The largest absolute Gasteiger partial charge is 0.371 e. The van der Waals surface area contributed by atoms with Crippen LogP contribution < -0.4 is 10.2 Å². The van der Waals surface area contributed by atoms with E-state index in [1.807, 2.05) is 13.1 Å². The van der Waals surface area contributed by atoms with E-state index < -0.39 is 0 Å². The minimum Gasteiger partial charge on any atom is -0.371 e. The Hall–Kier alpha value is -1.24. The lowest BCUT2D eigenvalue weighted by atomic mass is 10.1. The van der Waals surface area contributed by atoms with Crippen LogP contribution in [-0.2, 0) is 0 Å². The summed E-state index contributed by atoms with van der Waals surface area (Å²) in [5.41, 5.74) is 1.33. The molecule has 1 aromatic carbocycles. The van der Waals surface area contributed by atoms with Gasteiger partial charge in [-0.05, 0) is 37.3 Å². The molecular weight excluding hydrogens is 411 g/mol. The number of nitrogens with one attached hydrogen (secondary N) is 1. The SMILES string of the molecule is C=CCCCN(C)C(=NC)NCC1CCN(c2ccccc2)C1.I. The first-order valence-corrected chi connectivity index (χ1v) is 8.57. The van der Waals surface area contributed by atoms with Gasteiger partial charge in [-0.25, -0.2) is 0 Å². The van der Waals surface area contributed by atoms with E-state index in [1.54, 1.807) is 0 Å². The minimum atomic E-state index is 0. The third kappa shape index (κ3) is 6.34. The van der Waals surface area contributed by atoms with E-state index in [-0.39, 0.29) is 24.0 Å². The Morgan fingerprint density at radius 3 is 2.83 bits per heavy atom. The van der Waals surface area contributed by atoms with E-state index in [9.17, 15) is 0 Å². The van der Waals surface area contributed by atoms with Crippen molar-refractivity contribution >= 4 is 35.6 Å². The van der Waals surface area contributed by atoms with Crippen LogP contribution in [0.3, 0.4) is 0 Å². The Bertz CT molecular complexity index is 503. The zero-order chi connectivity index (χ0) is 16.5. The second kappa shape index (κ2) is 11.3. The van der Waals surface area contributed by atoms with Gasteiger partial charge in [0.05, 0.1) is 0 Å². The van der Waals surface area contributed by atoms with Gasteiger partial charge in [-0.2, -0.15) is 0 Å². The van der Waals surface area contributed by atoms with E-state index >= 15 is 0 Å². The van der Waals surface area contributed by atoms with Gasteiger partial charge >= 0.3 is 0 Å². The third-order valence-corrected chi connectivity index (χ3v) is 4.43. The van der Waals surface area contributed by atoms with Gasteiger partial charge in [0.15, 0.2) is 5.96 Å². The van der Waals surface area contributed by atoms with Crippen LogP contribution in [0.1, 0.15) is 19.3 Å². The first-order chi connectivity index (χ1) is 11.2. The van der Waals surface area contributed by atoms with Gasteiger partial charge in [-0.3, -0.25) is 4.99 Å². The molecule has 0 bridgehead atoms. The average Bonchev–Trinajstić information content (AvgIpc) is 3.05. The number of rotatable bonds is 7. The molecule has 0 aliphatic carbocycles. The monoisotopic (exact) mass is 442 g/mol. The number of unbranched alkanes of at least 4 members (excludes halogenated alkanes) is 1. The molecule has 0 amide bonds. The lowest BCUT2D eigenvalue weighted by Gasteiger charge is -2.23. The molecule has 1 N–H and O–H groups in total. The molecule has 0 aromatic heterocycles. The number of nitrogens with zero attached hydrogens (tertiary/aromatic N) is 3. The number of hydrogen-bond donors (Lipinski definition) is 1. The van der Waals surface area contributed by atoms with E-state index in [0.717, 1.165) is 45.0 Å². The maximum absolute atomic E-state index is 4.40. The molecule has 0 radical (unpaired) electrons. The lowest BCUT2D eigenvalue weighted by Crippen LogP contribution is -2.41. The molecule has 2 rings (SSSR count). The molecule has 1 heterocycles. The van der Waals surface area contributed by atoms with Crippen LogP contribution in [-0.4, -0.2) is 51.1 Å². The number of benzene rings is 1. The van der Waals surface area contributed by atoms with Crippen molar-refractivity contribution in [3.63, 3.8) is 0 Å². The fourth-order valence-electron chi connectivity index (χ4n) is 3.07. The standard InChI is InChI=1S/C19H30N4.HI/c1-4-5-9-13-22(3)19(20-2)21-15-17-12-14-23(16-17)18-10-7-6-8-11-18;/h4,6-8,10-11,17H,1,5,9,12-16H2,2-3H3,(H,20,21);1H. The summed E-state index contributed by atoms with van der Waals surface area (Å²) in [6.07, 6.45) is 5.38. The maximum Gasteiger partial charge on any atom is 0.193 e. The highest BCUT2D eigenvalue weighted by molar-refractivity contribution is 14.0. The predicted octanol–water partition coefficient (Wildman–Crippen LogP) is 3.60. The van der Waals surface area contributed by atoms with Crippen molar-refractivity contribution in [3.05, 3.63) is 43.0 Å². The summed E-state index contributed by atoms with van der Waals surface area (Å²) in [5.74, 6) is 1.67. The second-order valence-corrected chi connectivity index (χ2v) is 6.22. The topological polar surface area (TPSA) is 30.9 Å². The highest BCUT2D eigenvalue weighted by Crippen LogP contribution is 2.22. The molecule has 1 aromatic rings. The van der Waals surface area contributed by atoms with E-state index in [2.05, 4.69) is 64.1 Å². The fraction of sp³-hybridized carbons (Fsp3) is 0.526. The normalized spacial score (nSPS) is 17.3. The molecule has 134 valence electrons. The van der Waals surface area contributed by atoms with Crippen molar-refractivity contribution in [2.45, 2.75) is 19.3 Å². The zero-order valence-electron chi connectivity index (χ0n) is 14.9. The first kappa shape index (κ1) is 20.8. The van der Waals surface area contributed by atoms with Crippen molar-refractivity contribution in [1.29, 1.82) is 0 Å². The van der Waals surface area contributed by atoms with Crippen LogP contribution >= 0.6 is 24.0 Å². The number of anilines is 1. The van der Waals surface area contributed by atoms with E-state index in [0.29, 0.717) is 5.92 Å². The highest BCUT2D eigenvalue weighted by atomic mass is 127. The van der Waals surface area contributed by atoms with Crippen LogP contribution in [0.15, 0.2) is 48.0 Å². The molecule has 0 spiro atoms. The summed E-state index contributed by atoms with van der Waals surface area (Å²) >= 11 is 0. The van der Waals surface area contributed by atoms with Crippen LogP contribution in [0.2, 0.25) is 0 Å². The molecule has 4 nitrogen and oxygen atoms in total. The molecular formula is C19H31IN4. The number of allylic oxidation sites excluding steroid dienone is 1. The van der Waals surface area contributed by atoms with Crippen molar-refractivity contribution in [2.75, 3.05) is 45.2 Å². The molecule has 1 saturated heterocycles. The molecule has 1 unspecified atom stereocenters. The van der Waals surface area contributed by atoms with Crippen molar-refractivity contribution in [3.8, 4) is 0 Å². The molecule has 24 heavy (non-hydrogen) atoms. The fourth-order valence-corrected chi connectivity index (χ4v) is 3.07. The number of aliphatic imine (C=N–C) groups is 1. The lowest BCUT2D eigenvalue weighted by molar-refractivity contribution is 0.458. The average molecular weight is 442 g/mol. The Morgan fingerprint density at radius 1 is 1.42 bits per heavy atom. The zero-order valence-corrected chi connectivity index (χ0v) is 17.3. The van der Waals surface area contributed by atoms with Gasteiger partial charge in [0.25, 0.3) is 0 Å². The third-order valence-electron chi connectivity index (χ3n) is 4.43. The molecule has 1 aliphatic rings. The Balaban J connectivity index is 0.00000288. The Labute approximate surface area is 164 Å². The summed E-state index contributed by atoms with van der Waals surface area (Å²) in [5, 5.41) is 3.53. The number of para-hydroxylation sites is 1. The van der Waals surface area contributed by atoms with Crippen molar-refractivity contribution in [1.82, 2.24) is 10.2 Å². The van der Waals surface area contributed by atoms with Crippen LogP contribution in [0.5, 0.6) is 0 Å². The van der Waals surface area contributed by atoms with Crippen LogP contribution in [0.4, 0.5) is 5.69 Å². The molecule has 1 atom stereocenters. The second-order valence-electron chi connectivity index (χ2n) is 6.22. The summed E-state index contributed by atoms with van der Waals surface area (Å²) in [7, 11) is 3.96. The van der Waals surface area contributed by atoms with Gasteiger partial charge in [0.2, 0.25) is 0 Å². The van der Waals surface area contributed by atoms with Crippen molar-refractivity contribution in [2.24, 2.45) is 10.9 Å². The van der Waals surface area contributed by atoms with E-state index in [4.69, 9.17) is 0 Å². The molecule has 0 saturated carbocycles.